The van der Waals surface area contributed by atoms with Crippen molar-refractivity contribution in [1.29, 1.82) is 0 Å². The van der Waals surface area contributed by atoms with Crippen LogP contribution >= 0.6 is 25.2 Å². The minimum atomic E-state index is 0.650. The van der Waals surface area contributed by atoms with Gasteiger partial charge < -0.3 is 0 Å². The molecule has 0 bridgehead atoms. The molecule has 38 valence electrons. The summed E-state index contributed by atoms with van der Waals surface area (Å²) in [5.74, 6) is 0. The summed E-state index contributed by atoms with van der Waals surface area (Å²) in [5.41, 5.74) is 0. The molecule has 0 aliphatic heterocycles. The second-order valence-corrected chi connectivity index (χ2v) is 1.25. The van der Waals surface area contributed by atoms with E-state index in [1.54, 1.807) is 0 Å². The highest BCUT2D eigenvalue weighted by atomic mass is 32.2. The van der Waals surface area contributed by atoms with Gasteiger partial charge in [0.1, 0.15) is 0 Å². The van der Waals surface area contributed by atoms with Gasteiger partial charge in [-0.3, -0.25) is 0 Å². The fraction of sp³-hybridized carbons (Fsp3) is 1.00. The van der Waals surface area contributed by atoms with Crippen molar-refractivity contribution < 1.29 is 12.9 Å². The number of hydrogen-bond donors (Lipinski definition) is 1. The topological polar surface area (TPSA) is 27.7 Å². The van der Waals surface area contributed by atoms with E-state index in [1.807, 2.05) is 0 Å². The molecule has 0 saturated carbocycles. The van der Waals surface area contributed by atoms with Gasteiger partial charge in [0.15, 0.2) is 0 Å². The SMILES string of the molecule is COOSOS. The van der Waals surface area contributed by atoms with Gasteiger partial charge in [0.25, 0.3) is 0 Å². The van der Waals surface area contributed by atoms with Gasteiger partial charge >= 0.3 is 0 Å². The molecule has 0 N–H and O–H groups in total. The highest BCUT2D eigenvalue weighted by molar-refractivity contribution is 7.97. The summed E-state index contributed by atoms with van der Waals surface area (Å²) in [5, 5.41) is 0. The molecule has 0 aromatic carbocycles. The Labute approximate surface area is 45.9 Å². The van der Waals surface area contributed by atoms with Crippen LogP contribution in [0.5, 0.6) is 0 Å². The highest BCUT2D eigenvalue weighted by Crippen LogP contribution is 2.04. The number of hydrogen-bond acceptors (Lipinski definition) is 5. The molecule has 0 fully saturated rings. The van der Waals surface area contributed by atoms with Crippen LogP contribution in [0.3, 0.4) is 0 Å². The van der Waals surface area contributed by atoms with Crippen molar-refractivity contribution in [3.05, 3.63) is 0 Å². The molecule has 0 aromatic heterocycles. The van der Waals surface area contributed by atoms with E-state index < -0.39 is 0 Å². The van der Waals surface area contributed by atoms with E-state index in [9.17, 15) is 0 Å². The van der Waals surface area contributed by atoms with E-state index in [-0.39, 0.29) is 0 Å². The maximum absolute atomic E-state index is 4.10. The first-order chi connectivity index (χ1) is 2.91. The summed E-state index contributed by atoms with van der Waals surface area (Å²) in [7, 11) is 1.37. The van der Waals surface area contributed by atoms with Crippen LogP contribution in [-0.4, -0.2) is 7.11 Å². The lowest BCUT2D eigenvalue weighted by Gasteiger charge is -1.87. The Kier molecular flexibility index (Phi) is 6.12. The third-order valence-corrected chi connectivity index (χ3v) is 0.561. The second-order valence-electron chi connectivity index (χ2n) is 0.377. The van der Waals surface area contributed by atoms with E-state index in [4.69, 9.17) is 0 Å². The summed E-state index contributed by atoms with van der Waals surface area (Å²) in [6.07, 6.45) is 0. The fourth-order valence-electron chi connectivity index (χ4n) is 0.0402. The van der Waals surface area contributed by atoms with Crippen LogP contribution in [0.1, 0.15) is 0 Å². The molecular formula is CH4O3S2. The largest absolute Gasteiger partial charge is 0.225 e. The lowest BCUT2D eigenvalue weighted by Crippen LogP contribution is -1.72. The Bertz CT molecular complexity index is 20.8. The van der Waals surface area contributed by atoms with Crippen LogP contribution in [0, 0.1) is 0 Å². The van der Waals surface area contributed by atoms with Crippen LogP contribution in [0.2, 0.25) is 0 Å². The molecule has 0 aliphatic carbocycles. The summed E-state index contributed by atoms with van der Waals surface area (Å²) in [4.78, 5) is 4.07. The minimum absolute atomic E-state index is 0.650. The van der Waals surface area contributed by atoms with E-state index in [0.29, 0.717) is 12.3 Å². The first kappa shape index (κ1) is 6.58. The Morgan fingerprint density at radius 2 is 2.33 bits per heavy atom. The first-order valence-electron chi connectivity index (χ1n) is 1.09. The predicted octanol–water partition coefficient (Wildman–Crippen LogP) is 0.989. The van der Waals surface area contributed by atoms with Gasteiger partial charge in [0.05, 0.1) is 7.11 Å². The molecule has 0 radical (unpaired) electrons. The molecule has 0 aliphatic rings. The van der Waals surface area contributed by atoms with Crippen molar-refractivity contribution in [3.8, 4) is 0 Å². The fourth-order valence-corrected chi connectivity index (χ4v) is 0.195. The third kappa shape index (κ3) is 4.58. The maximum atomic E-state index is 4.10. The monoisotopic (exact) mass is 128 g/mol. The van der Waals surface area contributed by atoms with Crippen molar-refractivity contribution in [1.82, 2.24) is 0 Å². The zero-order valence-corrected chi connectivity index (χ0v) is 4.79. The van der Waals surface area contributed by atoms with E-state index in [0.717, 1.165) is 0 Å². The molecule has 6 heavy (non-hydrogen) atoms. The van der Waals surface area contributed by atoms with Gasteiger partial charge in [-0.25, -0.2) is 8.52 Å². The average Bonchev–Trinajstić information content (AvgIpc) is 1.61. The van der Waals surface area contributed by atoms with Crippen LogP contribution in [0.15, 0.2) is 0 Å². The average molecular weight is 128 g/mol. The molecule has 0 heterocycles. The highest BCUT2D eigenvalue weighted by Gasteiger charge is 1.76. The molecular weight excluding hydrogens is 124 g/mol. The summed E-state index contributed by atoms with van der Waals surface area (Å²) < 4.78 is 8.15. The zero-order valence-electron chi connectivity index (χ0n) is 3.08. The summed E-state index contributed by atoms with van der Waals surface area (Å²) in [6.45, 7) is 0. The van der Waals surface area contributed by atoms with Crippen LogP contribution in [-0.2, 0) is 12.9 Å². The van der Waals surface area contributed by atoms with Gasteiger partial charge in [0, 0.05) is 0 Å². The van der Waals surface area contributed by atoms with Gasteiger partial charge in [-0.2, -0.15) is 0 Å². The Balaban J connectivity index is 2.34. The Hall–Kier alpha value is 0.580. The molecule has 0 rings (SSSR count). The second kappa shape index (κ2) is 5.58. The van der Waals surface area contributed by atoms with Gasteiger partial charge in [-0.15, -0.1) is 4.33 Å². The van der Waals surface area contributed by atoms with Gasteiger partial charge in [-0.1, -0.05) is 0 Å². The van der Waals surface area contributed by atoms with E-state index in [1.165, 1.54) is 7.11 Å². The molecule has 0 saturated heterocycles. The molecule has 0 amide bonds. The number of thiol groups is 1. The van der Waals surface area contributed by atoms with Gasteiger partial charge in [-0.05, 0) is 12.9 Å². The molecule has 3 nitrogen and oxygen atoms in total. The lowest BCUT2D eigenvalue weighted by atomic mass is 11.8. The maximum Gasteiger partial charge on any atom is 0.206 e. The Morgan fingerprint density at radius 3 is 2.50 bits per heavy atom. The van der Waals surface area contributed by atoms with Gasteiger partial charge in [0.2, 0.25) is 12.3 Å². The lowest BCUT2D eigenvalue weighted by molar-refractivity contribution is -0.164. The standard InChI is InChI=1S/CH4O3S2/c1-2-3-6-4-5/h5H,1H3. The Morgan fingerprint density at radius 1 is 1.67 bits per heavy atom. The zero-order chi connectivity index (χ0) is 4.83. The molecule has 0 spiro atoms. The van der Waals surface area contributed by atoms with E-state index in [2.05, 4.69) is 25.8 Å². The van der Waals surface area contributed by atoms with Crippen molar-refractivity contribution in [2.45, 2.75) is 0 Å². The quantitative estimate of drug-likeness (QED) is 0.202. The van der Waals surface area contributed by atoms with E-state index >= 15 is 0 Å². The smallest absolute Gasteiger partial charge is 0.206 e. The minimum Gasteiger partial charge on any atom is -0.225 e. The molecule has 0 unspecified atom stereocenters. The van der Waals surface area contributed by atoms with Crippen molar-refractivity contribution in [2.75, 3.05) is 7.11 Å². The molecule has 0 aromatic rings. The summed E-state index contributed by atoms with van der Waals surface area (Å²) >= 11 is 3.96. The van der Waals surface area contributed by atoms with Crippen LogP contribution in [0.4, 0.5) is 0 Å². The first-order valence-corrected chi connectivity index (χ1v) is 2.12. The van der Waals surface area contributed by atoms with Crippen molar-refractivity contribution in [2.24, 2.45) is 0 Å². The molecule has 0 atom stereocenters. The van der Waals surface area contributed by atoms with Crippen molar-refractivity contribution >= 4 is 25.2 Å². The van der Waals surface area contributed by atoms with Crippen LogP contribution < -0.4 is 0 Å². The number of rotatable bonds is 3. The third-order valence-electron chi connectivity index (χ3n) is 0.126. The molecule has 5 heteroatoms. The van der Waals surface area contributed by atoms with Crippen molar-refractivity contribution in [3.63, 3.8) is 0 Å². The van der Waals surface area contributed by atoms with Crippen LogP contribution in [0.25, 0.3) is 0 Å². The summed E-state index contributed by atoms with van der Waals surface area (Å²) in [6, 6.07) is 0. The predicted molar refractivity (Wildman–Crippen MR) is 25.8 cm³/mol. The normalized spacial score (nSPS) is 9.00.